The van der Waals surface area contributed by atoms with Crippen molar-refractivity contribution in [3.8, 4) is 0 Å². The summed E-state index contributed by atoms with van der Waals surface area (Å²) < 4.78 is 39.0. The van der Waals surface area contributed by atoms with E-state index in [0.29, 0.717) is 12.1 Å². The first-order valence-electron chi connectivity index (χ1n) is 6.61. The van der Waals surface area contributed by atoms with Crippen molar-refractivity contribution in [1.29, 1.82) is 0 Å². The molecule has 1 aromatic carbocycles. The Morgan fingerprint density at radius 1 is 1.16 bits per heavy atom. The highest BCUT2D eigenvalue weighted by atomic mass is 19.4. The van der Waals surface area contributed by atoms with E-state index in [9.17, 15) is 13.2 Å². The first-order valence-corrected chi connectivity index (χ1v) is 6.61. The number of nitrogens with two attached hydrogens (primary N) is 1. The standard InChI is InChI=1S/C14H19F3N2/c15-14(16,17)13-6-2-1-5-12(13)11(9-18)10-19-7-3-4-8-19/h1-2,5-6,11H,3-4,7-10,18H2. The van der Waals surface area contributed by atoms with Gasteiger partial charge in [-0.1, -0.05) is 18.2 Å². The summed E-state index contributed by atoms with van der Waals surface area (Å²) in [6, 6.07) is 5.77. The van der Waals surface area contributed by atoms with Crippen LogP contribution in [0.5, 0.6) is 0 Å². The third-order valence-electron chi connectivity index (χ3n) is 3.67. The van der Waals surface area contributed by atoms with Gasteiger partial charge in [-0.3, -0.25) is 0 Å². The molecule has 0 bridgehead atoms. The van der Waals surface area contributed by atoms with Crippen molar-refractivity contribution in [2.24, 2.45) is 5.73 Å². The van der Waals surface area contributed by atoms with E-state index in [0.717, 1.165) is 32.0 Å². The molecule has 0 aromatic heterocycles. The summed E-state index contributed by atoms with van der Waals surface area (Å²) in [7, 11) is 0. The summed E-state index contributed by atoms with van der Waals surface area (Å²) in [6.07, 6.45) is -2.06. The molecule has 0 aliphatic carbocycles. The largest absolute Gasteiger partial charge is 0.416 e. The lowest BCUT2D eigenvalue weighted by Gasteiger charge is -2.25. The van der Waals surface area contributed by atoms with Crippen LogP contribution in [0.1, 0.15) is 29.9 Å². The van der Waals surface area contributed by atoms with Gasteiger partial charge in [0.25, 0.3) is 0 Å². The number of nitrogens with zero attached hydrogens (tertiary/aromatic N) is 1. The summed E-state index contributed by atoms with van der Waals surface area (Å²) in [6.45, 7) is 2.78. The van der Waals surface area contributed by atoms with Gasteiger partial charge in [-0.2, -0.15) is 13.2 Å². The van der Waals surface area contributed by atoms with Crippen molar-refractivity contribution in [2.45, 2.75) is 24.9 Å². The molecule has 106 valence electrons. The second-order valence-electron chi connectivity index (χ2n) is 5.03. The van der Waals surface area contributed by atoms with E-state index < -0.39 is 11.7 Å². The molecule has 1 fully saturated rings. The van der Waals surface area contributed by atoms with Crippen molar-refractivity contribution in [1.82, 2.24) is 4.90 Å². The molecule has 1 saturated heterocycles. The number of halogens is 3. The summed E-state index contributed by atoms with van der Waals surface area (Å²) >= 11 is 0. The molecule has 1 aromatic rings. The van der Waals surface area contributed by atoms with Crippen molar-refractivity contribution >= 4 is 0 Å². The fourth-order valence-corrected chi connectivity index (χ4v) is 2.69. The third kappa shape index (κ3) is 3.48. The van der Waals surface area contributed by atoms with Crippen molar-refractivity contribution < 1.29 is 13.2 Å². The molecule has 2 rings (SSSR count). The number of likely N-dealkylation sites (tertiary alicyclic amines) is 1. The zero-order chi connectivity index (χ0) is 13.9. The third-order valence-corrected chi connectivity index (χ3v) is 3.67. The lowest BCUT2D eigenvalue weighted by molar-refractivity contribution is -0.138. The lowest BCUT2D eigenvalue weighted by Crippen LogP contribution is -2.30. The van der Waals surface area contributed by atoms with Gasteiger partial charge in [-0.25, -0.2) is 0 Å². The van der Waals surface area contributed by atoms with Gasteiger partial charge < -0.3 is 10.6 Å². The predicted octanol–water partition coefficient (Wildman–Crippen LogP) is 2.84. The normalized spacial score (nSPS) is 18.7. The van der Waals surface area contributed by atoms with E-state index in [4.69, 9.17) is 5.73 Å². The minimum Gasteiger partial charge on any atom is -0.330 e. The Morgan fingerprint density at radius 2 is 1.79 bits per heavy atom. The minimum atomic E-state index is -4.31. The number of hydrogen-bond donors (Lipinski definition) is 1. The van der Waals surface area contributed by atoms with Gasteiger partial charge in [0.05, 0.1) is 5.56 Å². The Morgan fingerprint density at radius 3 is 2.37 bits per heavy atom. The maximum Gasteiger partial charge on any atom is 0.416 e. The second kappa shape index (κ2) is 5.92. The van der Waals surface area contributed by atoms with Crippen LogP contribution in [-0.4, -0.2) is 31.1 Å². The van der Waals surface area contributed by atoms with E-state index in [2.05, 4.69) is 4.90 Å². The highest BCUT2D eigenvalue weighted by Crippen LogP contribution is 2.35. The fourth-order valence-electron chi connectivity index (χ4n) is 2.69. The molecule has 1 aliphatic heterocycles. The molecule has 2 nitrogen and oxygen atoms in total. The number of benzene rings is 1. The van der Waals surface area contributed by atoms with Crippen molar-refractivity contribution in [2.75, 3.05) is 26.2 Å². The van der Waals surface area contributed by atoms with E-state index >= 15 is 0 Å². The Balaban J connectivity index is 2.22. The second-order valence-corrected chi connectivity index (χ2v) is 5.03. The monoisotopic (exact) mass is 272 g/mol. The Labute approximate surface area is 111 Å². The zero-order valence-electron chi connectivity index (χ0n) is 10.8. The van der Waals surface area contributed by atoms with Gasteiger partial charge in [0, 0.05) is 19.0 Å². The van der Waals surface area contributed by atoms with Crippen LogP contribution in [0.15, 0.2) is 24.3 Å². The van der Waals surface area contributed by atoms with Gasteiger partial charge >= 0.3 is 6.18 Å². The Kier molecular flexibility index (Phi) is 4.47. The van der Waals surface area contributed by atoms with Crippen molar-refractivity contribution in [3.05, 3.63) is 35.4 Å². The van der Waals surface area contributed by atoms with Crippen LogP contribution in [0.2, 0.25) is 0 Å². The van der Waals surface area contributed by atoms with Crippen LogP contribution in [-0.2, 0) is 6.18 Å². The molecule has 5 heteroatoms. The van der Waals surface area contributed by atoms with E-state index in [1.807, 2.05) is 0 Å². The quantitative estimate of drug-likeness (QED) is 0.913. The molecule has 1 atom stereocenters. The lowest BCUT2D eigenvalue weighted by atomic mass is 9.93. The van der Waals surface area contributed by atoms with Crippen molar-refractivity contribution in [3.63, 3.8) is 0 Å². The molecule has 1 unspecified atom stereocenters. The highest BCUT2D eigenvalue weighted by Gasteiger charge is 2.35. The SMILES string of the molecule is NCC(CN1CCCC1)c1ccccc1C(F)(F)F. The van der Waals surface area contributed by atoms with Crippen LogP contribution < -0.4 is 5.73 Å². The van der Waals surface area contributed by atoms with Gasteiger partial charge in [0.15, 0.2) is 0 Å². The average Bonchev–Trinajstić information content (AvgIpc) is 2.88. The van der Waals surface area contributed by atoms with Crippen LogP contribution in [0.3, 0.4) is 0 Å². The molecular weight excluding hydrogens is 253 g/mol. The van der Waals surface area contributed by atoms with E-state index in [1.165, 1.54) is 6.07 Å². The van der Waals surface area contributed by atoms with E-state index in [1.54, 1.807) is 12.1 Å². The summed E-state index contributed by atoms with van der Waals surface area (Å²) in [4.78, 5) is 2.20. The van der Waals surface area contributed by atoms with Gasteiger partial charge in [-0.05, 0) is 37.6 Å². The molecular formula is C14H19F3N2. The first-order chi connectivity index (χ1) is 9.02. The van der Waals surface area contributed by atoms with Crippen LogP contribution in [0.25, 0.3) is 0 Å². The predicted molar refractivity (Wildman–Crippen MR) is 68.9 cm³/mol. The molecule has 0 saturated carbocycles. The van der Waals surface area contributed by atoms with Gasteiger partial charge in [-0.15, -0.1) is 0 Å². The smallest absolute Gasteiger partial charge is 0.330 e. The number of hydrogen-bond acceptors (Lipinski definition) is 2. The van der Waals surface area contributed by atoms with Crippen LogP contribution in [0.4, 0.5) is 13.2 Å². The van der Waals surface area contributed by atoms with Crippen LogP contribution in [0, 0.1) is 0 Å². The zero-order valence-corrected chi connectivity index (χ0v) is 10.8. The Hall–Kier alpha value is -1.07. The molecule has 0 radical (unpaired) electrons. The molecule has 2 N–H and O–H groups in total. The summed E-state index contributed by atoms with van der Waals surface area (Å²) in [5.41, 5.74) is 5.47. The minimum absolute atomic E-state index is 0.240. The average molecular weight is 272 g/mol. The van der Waals surface area contributed by atoms with Crippen LogP contribution >= 0.6 is 0 Å². The van der Waals surface area contributed by atoms with E-state index in [-0.39, 0.29) is 12.5 Å². The Bertz CT molecular complexity index is 411. The van der Waals surface area contributed by atoms with Gasteiger partial charge in [0.2, 0.25) is 0 Å². The maximum absolute atomic E-state index is 13.0. The summed E-state index contributed by atoms with van der Waals surface area (Å²) in [5, 5.41) is 0. The highest BCUT2D eigenvalue weighted by molar-refractivity contribution is 5.33. The molecule has 0 amide bonds. The van der Waals surface area contributed by atoms with Gasteiger partial charge in [0.1, 0.15) is 0 Å². The molecule has 1 aliphatic rings. The molecule has 1 heterocycles. The topological polar surface area (TPSA) is 29.3 Å². The first kappa shape index (κ1) is 14.3. The molecule has 0 spiro atoms. The fraction of sp³-hybridized carbons (Fsp3) is 0.571. The molecule has 19 heavy (non-hydrogen) atoms. The number of rotatable bonds is 4. The summed E-state index contributed by atoms with van der Waals surface area (Å²) in [5.74, 6) is -0.254. The maximum atomic E-state index is 13.0. The number of alkyl halides is 3.